The van der Waals surface area contributed by atoms with Gasteiger partial charge in [0.25, 0.3) is 0 Å². The van der Waals surface area contributed by atoms with Gasteiger partial charge in [-0.25, -0.2) is 0 Å². The third kappa shape index (κ3) is 18.7. The number of aliphatic carboxylic acids is 2. The van der Waals surface area contributed by atoms with Crippen LogP contribution in [0.3, 0.4) is 0 Å². The van der Waals surface area contributed by atoms with Crippen molar-refractivity contribution in [3.63, 3.8) is 0 Å². The minimum absolute atomic E-state index is 0.0712. The zero-order valence-corrected chi connectivity index (χ0v) is 31.0. The number of phenolic OH excluding ortho intramolecular Hbond substituents is 1. The van der Waals surface area contributed by atoms with Gasteiger partial charge in [0, 0.05) is 11.4 Å². The smallest absolute Gasteiger partial charge is 0.303 e. The molecule has 0 aliphatic carbocycles. The zero-order chi connectivity index (χ0) is 34.6. The molecule has 262 valence electrons. The highest BCUT2D eigenvalue weighted by molar-refractivity contribution is 6.17. The lowest BCUT2D eigenvalue weighted by Crippen LogP contribution is -2.37. The molecule has 3 atom stereocenters. The van der Waals surface area contributed by atoms with Crippen molar-refractivity contribution in [2.45, 2.75) is 171 Å². The first-order chi connectivity index (χ1) is 21.1. The van der Waals surface area contributed by atoms with E-state index in [1.807, 2.05) is 13.8 Å². The van der Waals surface area contributed by atoms with Gasteiger partial charge in [-0.05, 0) is 94.2 Å². The summed E-state index contributed by atoms with van der Waals surface area (Å²) in [5, 5.41) is 26.2. The Hall–Kier alpha value is -1.95. The Bertz CT molecular complexity index is 973. The van der Waals surface area contributed by atoms with E-state index >= 15 is 0 Å². The number of carbonyl (C=O) groups is 2. The van der Waals surface area contributed by atoms with E-state index in [-0.39, 0.29) is 18.4 Å². The molecule has 1 heterocycles. The van der Waals surface area contributed by atoms with E-state index in [0.717, 1.165) is 65.3 Å². The number of fused-ring (bicyclic) bond motifs is 1. The zero-order valence-electron chi connectivity index (χ0n) is 30.2. The van der Waals surface area contributed by atoms with E-state index in [1.165, 1.54) is 76.2 Å². The number of rotatable bonds is 18. The number of hydrogen-bond acceptors (Lipinski definition) is 4. The highest BCUT2D eigenvalue weighted by atomic mass is 35.5. The summed E-state index contributed by atoms with van der Waals surface area (Å²) in [4.78, 5) is 19.3. The summed E-state index contributed by atoms with van der Waals surface area (Å²) < 4.78 is 6.60. The lowest BCUT2D eigenvalue weighted by Gasteiger charge is -2.38. The summed E-state index contributed by atoms with van der Waals surface area (Å²) in [7, 11) is 0. The Morgan fingerprint density at radius 2 is 1.31 bits per heavy atom. The maximum absolute atomic E-state index is 10.4. The summed E-state index contributed by atoms with van der Waals surface area (Å²) >= 11 is 5.38. The van der Waals surface area contributed by atoms with Crippen molar-refractivity contribution in [1.82, 2.24) is 0 Å². The second-order valence-corrected chi connectivity index (χ2v) is 14.5. The predicted octanol–water partition coefficient (Wildman–Crippen LogP) is 11.2. The standard InChI is InChI=1S/C29H50O2.C5H11Cl.C4H6O4/c1-20(2)12-9-13-21(3)14-10-15-22(4)16-11-18-29(8)19-17-26-25(7)27(30)23(5)24(6)28(26)31-29;1-2-3-4-5-6;5-3(6)1-2-4(7)8/h20-22,30H,9-19H2,1-8H3;2-5H2,1H3;1-2H2,(H,5,6)(H,7,8)/t21?,22?,29-;;/m1../s1. The van der Waals surface area contributed by atoms with E-state index in [2.05, 4.69) is 48.5 Å². The Kier molecular flexibility index (Phi) is 22.4. The van der Waals surface area contributed by atoms with Gasteiger partial charge < -0.3 is 20.1 Å². The van der Waals surface area contributed by atoms with Gasteiger partial charge in [0.2, 0.25) is 0 Å². The van der Waals surface area contributed by atoms with Crippen molar-refractivity contribution in [2.24, 2.45) is 17.8 Å². The van der Waals surface area contributed by atoms with Crippen molar-refractivity contribution in [1.29, 1.82) is 0 Å². The molecule has 1 aromatic carbocycles. The lowest BCUT2D eigenvalue weighted by atomic mass is 9.84. The Labute approximate surface area is 280 Å². The molecule has 45 heavy (non-hydrogen) atoms. The van der Waals surface area contributed by atoms with Crippen LogP contribution in [0.2, 0.25) is 0 Å². The van der Waals surface area contributed by atoms with Crippen LogP contribution in [0, 0.1) is 38.5 Å². The SMILES string of the molecule is CCCCCCl.Cc1c(C)c2c(c(C)c1O)CC[C@@](C)(CCCC(C)CCCC(C)CCCC(C)C)O2.O=C(O)CCC(=O)O. The highest BCUT2D eigenvalue weighted by Gasteiger charge is 2.34. The molecule has 3 N–H and O–H groups in total. The van der Waals surface area contributed by atoms with E-state index in [4.69, 9.17) is 26.6 Å². The van der Waals surface area contributed by atoms with Crippen molar-refractivity contribution >= 4 is 23.5 Å². The van der Waals surface area contributed by atoms with Crippen LogP contribution in [0.15, 0.2) is 0 Å². The fourth-order valence-electron chi connectivity index (χ4n) is 5.83. The number of phenols is 1. The van der Waals surface area contributed by atoms with Gasteiger partial charge in [-0.2, -0.15) is 0 Å². The number of halogens is 1. The van der Waals surface area contributed by atoms with Gasteiger partial charge in [-0.1, -0.05) is 92.4 Å². The molecule has 0 aromatic heterocycles. The summed E-state index contributed by atoms with van der Waals surface area (Å²) in [6.07, 6.45) is 17.2. The molecule has 2 rings (SSSR count). The Morgan fingerprint density at radius 3 is 1.76 bits per heavy atom. The average Bonchev–Trinajstić information content (AvgIpc) is 2.97. The molecule has 0 saturated carbocycles. The maximum Gasteiger partial charge on any atom is 0.303 e. The van der Waals surface area contributed by atoms with Crippen LogP contribution < -0.4 is 4.74 Å². The molecule has 1 aliphatic heterocycles. The fraction of sp³-hybridized carbons (Fsp3) is 0.789. The molecule has 1 aliphatic rings. The third-order valence-corrected chi connectivity index (χ3v) is 9.42. The van der Waals surface area contributed by atoms with Gasteiger partial charge in [-0.15, -0.1) is 11.6 Å². The van der Waals surface area contributed by atoms with Gasteiger partial charge in [0.1, 0.15) is 17.1 Å². The number of carboxylic acid groups (broad SMARTS) is 2. The minimum atomic E-state index is -1.08. The van der Waals surface area contributed by atoms with Crippen molar-refractivity contribution in [2.75, 3.05) is 5.88 Å². The average molecular weight is 655 g/mol. The number of hydrogen-bond donors (Lipinski definition) is 3. The van der Waals surface area contributed by atoms with Gasteiger partial charge in [0.15, 0.2) is 0 Å². The first kappa shape index (κ1) is 43.0. The lowest BCUT2D eigenvalue weighted by molar-refractivity contribution is -0.143. The van der Waals surface area contributed by atoms with Crippen LogP contribution in [0.5, 0.6) is 11.5 Å². The molecule has 0 radical (unpaired) electrons. The van der Waals surface area contributed by atoms with Crippen LogP contribution in [-0.4, -0.2) is 38.7 Å². The van der Waals surface area contributed by atoms with Crippen molar-refractivity contribution in [3.05, 3.63) is 22.3 Å². The molecule has 6 nitrogen and oxygen atoms in total. The summed E-state index contributed by atoms with van der Waals surface area (Å²) in [5.74, 6) is 2.71. The molecular weight excluding hydrogens is 588 g/mol. The number of carboxylic acids is 2. The van der Waals surface area contributed by atoms with Crippen molar-refractivity contribution < 1.29 is 29.6 Å². The number of ether oxygens (including phenoxy) is 1. The molecule has 7 heteroatoms. The maximum atomic E-state index is 10.4. The van der Waals surface area contributed by atoms with E-state index in [9.17, 15) is 14.7 Å². The largest absolute Gasteiger partial charge is 0.507 e. The summed E-state index contributed by atoms with van der Waals surface area (Å²) in [6.45, 7) is 20.1. The van der Waals surface area contributed by atoms with E-state index in [0.29, 0.717) is 5.75 Å². The fourth-order valence-corrected chi connectivity index (χ4v) is 6.02. The number of unbranched alkanes of at least 4 members (excludes halogenated alkanes) is 2. The summed E-state index contributed by atoms with van der Waals surface area (Å²) in [5.41, 5.74) is 4.23. The minimum Gasteiger partial charge on any atom is -0.507 e. The van der Waals surface area contributed by atoms with E-state index < -0.39 is 11.9 Å². The van der Waals surface area contributed by atoms with Crippen LogP contribution in [0.1, 0.15) is 160 Å². The second kappa shape index (κ2) is 23.4. The molecule has 2 unspecified atom stereocenters. The normalized spacial score (nSPS) is 16.8. The van der Waals surface area contributed by atoms with Crippen molar-refractivity contribution in [3.8, 4) is 11.5 Å². The third-order valence-electron chi connectivity index (χ3n) is 9.16. The van der Waals surface area contributed by atoms with Gasteiger partial charge in [0.05, 0.1) is 12.8 Å². The second-order valence-electron chi connectivity index (χ2n) is 14.1. The molecule has 0 bridgehead atoms. The molecule has 0 amide bonds. The first-order valence-electron chi connectivity index (χ1n) is 17.6. The monoisotopic (exact) mass is 654 g/mol. The number of aromatic hydroxyl groups is 1. The molecular formula is C38H67ClO6. The predicted molar refractivity (Wildman–Crippen MR) is 189 cm³/mol. The molecule has 0 fully saturated rings. The van der Waals surface area contributed by atoms with Crippen LogP contribution in [0.4, 0.5) is 0 Å². The van der Waals surface area contributed by atoms with E-state index in [1.54, 1.807) is 0 Å². The highest BCUT2D eigenvalue weighted by Crippen LogP contribution is 2.44. The Balaban J connectivity index is 0.00000115. The topological polar surface area (TPSA) is 104 Å². The quantitative estimate of drug-likeness (QED) is 0.107. The van der Waals surface area contributed by atoms with Crippen LogP contribution >= 0.6 is 11.6 Å². The molecule has 1 aromatic rings. The van der Waals surface area contributed by atoms with Gasteiger partial charge in [-0.3, -0.25) is 9.59 Å². The van der Waals surface area contributed by atoms with Gasteiger partial charge >= 0.3 is 11.9 Å². The number of alkyl halides is 1. The van der Waals surface area contributed by atoms with Crippen LogP contribution in [0.25, 0.3) is 0 Å². The van der Waals surface area contributed by atoms with Crippen LogP contribution in [-0.2, 0) is 16.0 Å². The summed E-state index contributed by atoms with van der Waals surface area (Å²) in [6, 6.07) is 0. The Morgan fingerprint density at radius 1 is 0.800 bits per heavy atom. The number of benzene rings is 1. The molecule has 0 saturated heterocycles. The first-order valence-corrected chi connectivity index (χ1v) is 18.1. The molecule has 0 spiro atoms.